The molecule has 0 radical (unpaired) electrons. The molecule has 244 valence electrons. The summed E-state index contributed by atoms with van der Waals surface area (Å²) in [5.41, 5.74) is 14.5. The number of hydrogen-bond donors (Lipinski definition) is 0. The van der Waals surface area contributed by atoms with Crippen molar-refractivity contribution >= 4 is 38.0 Å². The highest BCUT2D eigenvalue weighted by molar-refractivity contribution is 6.25. The Balaban J connectivity index is 1.08. The summed E-state index contributed by atoms with van der Waals surface area (Å²) in [6, 6.07) is 70.1. The van der Waals surface area contributed by atoms with Gasteiger partial charge in [-0.05, 0) is 106 Å². The molecule has 0 unspecified atom stereocenters. The van der Waals surface area contributed by atoms with Crippen LogP contribution in [0.15, 0.2) is 188 Å². The minimum atomic E-state index is -0.338. The minimum absolute atomic E-state index is 0.338. The van der Waals surface area contributed by atoms with E-state index in [1.807, 2.05) is 0 Å². The Morgan fingerprint density at radius 1 is 0.346 bits per heavy atom. The van der Waals surface area contributed by atoms with Crippen molar-refractivity contribution in [2.75, 3.05) is 4.90 Å². The zero-order chi connectivity index (χ0) is 34.2. The molecule has 1 heteroatoms. The molecule has 11 rings (SSSR count). The van der Waals surface area contributed by atoms with Crippen molar-refractivity contribution in [3.63, 3.8) is 0 Å². The van der Waals surface area contributed by atoms with E-state index in [4.69, 9.17) is 0 Å². The molecule has 0 N–H and O–H groups in total. The van der Waals surface area contributed by atoms with Gasteiger partial charge in [-0.3, -0.25) is 0 Å². The molecule has 0 amide bonds. The number of rotatable bonds is 5. The van der Waals surface area contributed by atoms with E-state index in [0.717, 1.165) is 13.1 Å². The van der Waals surface area contributed by atoms with Crippen molar-refractivity contribution in [1.29, 1.82) is 0 Å². The van der Waals surface area contributed by atoms with E-state index in [-0.39, 0.29) is 5.41 Å². The summed E-state index contributed by atoms with van der Waals surface area (Å²) in [5, 5.41) is 7.87. The molecule has 9 aromatic rings. The first-order chi connectivity index (χ1) is 25.8. The average molecular weight is 662 g/mol. The van der Waals surface area contributed by atoms with Crippen LogP contribution >= 0.6 is 0 Å². The van der Waals surface area contributed by atoms with E-state index in [1.165, 1.54) is 93.6 Å². The van der Waals surface area contributed by atoms with Crippen LogP contribution in [0.3, 0.4) is 0 Å². The van der Waals surface area contributed by atoms with Gasteiger partial charge in [-0.25, -0.2) is 0 Å². The Morgan fingerprint density at radius 2 is 0.827 bits per heavy atom. The Kier molecular flexibility index (Phi) is 6.36. The molecule has 1 spiro atoms. The van der Waals surface area contributed by atoms with Crippen LogP contribution in [0.1, 0.15) is 33.4 Å². The third-order valence-electron chi connectivity index (χ3n) is 11.8. The van der Waals surface area contributed by atoms with Gasteiger partial charge in [0.1, 0.15) is 0 Å². The predicted molar refractivity (Wildman–Crippen MR) is 218 cm³/mol. The smallest absolute Gasteiger partial charge is 0.0725 e. The van der Waals surface area contributed by atoms with E-state index < -0.39 is 0 Å². The van der Waals surface area contributed by atoms with E-state index in [1.54, 1.807) is 0 Å². The molecule has 0 heterocycles. The summed E-state index contributed by atoms with van der Waals surface area (Å²) in [4.78, 5) is 2.56. The Bertz CT molecular complexity index is 2780. The molecule has 0 aromatic heterocycles. The highest BCUT2D eigenvalue weighted by Crippen LogP contribution is 2.63. The van der Waals surface area contributed by atoms with Gasteiger partial charge < -0.3 is 4.90 Å². The highest BCUT2D eigenvalue weighted by atomic mass is 15.1. The first-order valence-corrected chi connectivity index (χ1v) is 18.3. The van der Waals surface area contributed by atoms with Gasteiger partial charge in [-0.1, -0.05) is 170 Å². The highest BCUT2D eigenvalue weighted by Gasteiger charge is 2.51. The summed E-state index contributed by atoms with van der Waals surface area (Å²) in [6.07, 6.45) is 0. The molecule has 0 saturated carbocycles. The van der Waals surface area contributed by atoms with Gasteiger partial charge in [0.05, 0.1) is 5.41 Å². The summed E-state index contributed by atoms with van der Waals surface area (Å²) in [7, 11) is 0. The monoisotopic (exact) mass is 661 g/mol. The average Bonchev–Trinajstić information content (AvgIpc) is 3.69. The van der Waals surface area contributed by atoms with Gasteiger partial charge in [0.25, 0.3) is 0 Å². The lowest BCUT2D eigenvalue weighted by molar-refractivity contribution is 0.784. The molecule has 0 saturated heterocycles. The lowest BCUT2D eigenvalue weighted by Gasteiger charge is -2.31. The van der Waals surface area contributed by atoms with Gasteiger partial charge in [0.15, 0.2) is 0 Å². The van der Waals surface area contributed by atoms with E-state index in [9.17, 15) is 0 Å². The summed E-state index contributed by atoms with van der Waals surface area (Å²) in [6.45, 7) is 1.58. The standard InChI is InChI=1S/C51H35N/c1-2-16-36(17-3-1)52(32-34-29-30-41-39-20-5-4-18-37(39)38-19-6-7-21-40(38)45(41)31-34)33-35-15-14-28-49-50(35)44-24-10-13-27-48(44)51(49)46-25-11-8-22-42(46)43-23-9-12-26-47(43)51/h1-31H,32-33H2. The molecular formula is C51H35N. The van der Waals surface area contributed by atoms with Crippen molar-refractivity contribution in [2.45, 2.75) is 18.5 Å². The Labute approximate surface area is 304 Å². The topological polar surface area (TPSA) is 3.24 Å². The number of fused-ring (bicyclic) bond motifs is 16. The maximum absolute atomic E-state index is 2.56. The number of para-hydroxylation sites is 1. The molecule has 52 heavy (non-hydrogen) atoms. The third-order valence-corrected chi connectivity index (χ3v) is 11.8. The maximum atomic E-state index is 2.56. The largest absolute Gasteiger partial charge is 0.363 e. The fraction of sp³-hybridized carbons (Fsp3) is 0.0588. The van der Waals surface area contributed by atoms with Gasteiger partial charge in [-0.2, -0.15) is 0 Å². The molecule has 9 aromatic carbocycles. The molecule has 0 bridgehead atoms. The van der Waals surface area contributed by atoms with Gasteiger partial charge in [0.2, 0.25) is 0 Å². The van der Waals surface area contributed by atoms with Crippen molar-refractivity contribution in [2.24, 2.45) is 0 Å². The number of benzene rings is 9. The van der Waals surface area contributed by atoms with Crippen LogP contribution in [0.2, 0.25) is 0 Å². The molecule has 1 nitrogen and oxygen atoms in total. The lowest BCUT2D eigenvalue weighted by atomic mass is 9.70. The third kappa shape index (κ3) is 4.05. The number of hydrogen-bond acceptors (Lipinski definition) is 1. The minimum Gasteiger partial charge on any atom is -0.363 e. The molecule has 0 aliphatic heterocycles. The SMILES string of the molecule is c1ccc(N(Cc2ccc3c4ccccc4c4ccccc4c3c2)Cc2cccc3c2-c2ccccc2C32c3ccccc3-c3ccccc32)cc1. The second kappa shape index (κ2) is 11.3. The van der Waals surface area contributed by atoms with Crippen molar-refractivity contribution < 1.29 is 0 Å². The fourth-order valence-corrected chi connectivity index (χ4v) is 9.71. The second-order valence-corrected chi connectivity index (χ2v) is 14.4. The van der Waals surface area contributed by atoms with Crippen LogP contribution in [-0.4, -0.2) is 0 Å². The summed E-state index contributed by atoms with van der Waals surface area (Å²) in [5.74, 6) is 0. The zero-order valence-corrected chi connectivity index (χ0v) is 28.8. The quantitative estimate of drug-likeness (QED) is 0.166. The maximum Gasteiger partial charge on any atom is 0.0725 e. The van der Waals surface area contributed by atoms with Crippen LogP contribution in [0.5, 0.6) is 0 Å². The fourth-order valence-electron chi connectivity index (χ4n) is 9.71. The Morgan fingerprint density at radius 3 is 1.46 bits per heavy atom. The predicted octanol–water partition coefficient (Wildman–Crippen LogP) is 12.7. The van der Waals surface area contributed by atoms with Crippen LogP contribution < -0.4 is 4.90 Å². The molecule has 0 fully saturated rings. The zero-order valence-electron chi connectivity index (χ0n) is 28.8. The number of nitrogens with zero attached hydrogens (tertiary/aromatic N) is 1. The molecule has 2 aliphatic rings. The van der Waals surface area contributed by atoms with Crippen LogP contribution in [0.4, 0.5) is 5.69 Å². The van der Waals surface area contributed by atoms with Crippen molar-refractivity contribution in [1.82, 2.24) is 0 Å². The summed E-state index contributed by atoms with van der Waals surface area (Å²) >= 11 is 0. The van der Waals surface area contributed by atoms with Crippen molar-refractivity contribution in [3.05, 3.63) is 221 Å². The molecule has 0 atom stereocenters. The molecule has 2 aliphatic carbocycles. The van der Waals surface area contributed by atoms with Crippen LogP contribution in [0.25, 0.3) is 54.6 Å². The first kappa shape index (κ1) is 29.3. The summed E-state index contributed by atoms with van der Waals surface area (Å²) < 4.78 is 0. The van der Waals surface area contributed by atoms with E-state index in [0.29, 0.717) is 0 Å². The van der Waals surface area contributed by atoms with E-state index in [2.05, 4.69) is 193 Å². The first-order valence-electron chi connectivity index (χ1n) is 18.3. The van der Waals surface area contributed by atoms with Gasteiger partial charge in [-0.15, -0.1) is 0 Å². The van der Waals surface area contributed by atoms with E-state index >= 15 is 0 Å². The van der Waals surface area contributed by atoms with Crippen molar-refractivity contribution in [3.8, 4) is 22.3 Å². The molecular weight excluding hydrogens is 627 g/mol. The Hall–Kier alpha value is -6.44. The van der Waals surface area contributed by atoms with Crippen LogP contribution in [-0.2, 0) is 18.5 Å². The second-order valence-electron chi connectivity index (χ2n) is 14.4. The van der Waals surface area contributed by atoms with Crippen LogP contribution in [0, 0.1) is 0 Å². The normalized spacial score (nSPS) is 13.3. The van der Waals surface area contributed by atoms with Gasteiger partial charge >= 0.3 is 0 Å². The van der Waals surface area contributed by atoms with Gasteiger partial charge in [0, 0.05) is 18.8 Å². The number of anilines is 1. The lowest BCUT2D eigenvalue weighted by Crippen LogP contribution is -2.26.